The maximum atomic E-state index is 13.0. The van der Waals surface area contributed by atoms with Gasteiger partial charge in [-0.25, -0.2) is 13.1 Å². The Balaban J connectivity index is 1.13. The van der Waals surface area contributed by atoms with Crippen LogP contribution in [0.2, 0.25) is 10.0 Å². The number of nitrogens with one attached hydrogen (secondary N) is 3. The molecule has 5 rings (SSSR count). The molecule has 0 atom stereocenters. The molecule has 2 aromatic heterocycles. The summed E-state index contributed by atoms with van der Waals surface area (Å²) < 4.78 is 29.2. The Labute approximate surface area is 235 Å². The fraction of sp³-hybridized carbons (Fsp3) is 0.259. The average Bonchev–Trinajstić information content (AvgIpc) is 3.39. The van der Waals surface area contributed by atoms with E-state index in [-0.39, 0.29) is 28.7 Å². The summed E-state index contributed by atoms with van der Waals surface area (Å²) in [7, 11) is -3.64. The minimum atomic E-state index is -3.64. The van der Waals surface area contributed by atoms with Crippen LogP contribution in [0, 0.1) is 0 Å². The lowest BCUT2D eigenvalue weighted by Crippen LogP contribution is -2.39. The topological polar surface area (TPSA) is 100 Å². The quantitative estimate of drug-likeness (QED) is 0.226. The molecule has 0 unspecified atom stereocenters. The van der Waals surface area contributed by atoms with Gasteiger partial charge < -0.3 is 10.6 Å². The molecule has 4 aromatic rings. The average molecular weight is 590 g/mol. The molecule has 1 amide bonds. The molecule has 7 nitrogen and oxygen atoms in total. The van der Waals surface area contributed by atoms with Crippen molar-refractivity contribution in [2.24, 2.45) is 0 Å². The second-order valence-electron chi connectivity index (χ2n) is 9.24. The maximum absolute atomic E-state index is 13.0. The van der Waals surface area contributed by atoms with Crippen molar-refractivity contribution in [2.75, 3.05) is 5.32 Å². The minimum absolute atomic E-state index is 0.124. The Morgan fingerprint density at radius 3 is 2.39 bits per heavy atom. The highest BCUT2D eigenvalue weighted by molar-refractivity contribution is 7.91. The molecule has 3 N–H and O–H groups in total. The molecule has 1 saturated carbocycles. The molecule has 1 fully saturated rings. The largest absolute Gasteiger partial charge is 0.382 e. The molecule has 0 bridgehead atoms. The second-order valence-corrected chi connectivity index (χ2v) is 13.2. The van der Waals surface area contributed by atoms with Crippen molar-refractivity contribution in [3.8, 4) is 0 Å². The zero-order valence-corrected chi connectivity index (χ0v) is 23.4. The third kappa shape index (κ3) is 6.47. The number of pyridine rings is 1. The number of anilines is 1. The van der Waals surface area contributed by atoms with Crippen LogP contribution >= 0.6 is 34.5 Å². The Morgan fingerprint density at radius 1 is 0.921 bits per heavy atom. The van der Waals surface area contributed by atoms with Gasteiger partial charge in [0.2, 0.25) is 10.0 Å². The van der Waals surface area contributed by atoms with Gasteiger partial charge in [-0.3, -0.25) is 9.78 Å². The first-order valence-electron chi connectivity index (χ1n) is 12.2. The van der Waals surface area contributed by atoms with E-state index in [1.807, 2.05) is 24.3 Å². The van der Waals surface area contributed by atoms with E-state index in [4.69, 9.17) is 23.2 Å². The van der Waals surface area contributed by atoms with Crippen molar-refractivity contribution >= 4 is 67.1 Å². The monoisotopic (exact) mass is 588 g/mol. The van der Waals surface area contributed by atoms with E-state index in [0.29, 0.717) is 15.6 Å². The summed E-state index contributed by atoms with van der Waals surface area (Å²) in [6.07, 6.45) is 4.93. The van der Waals surface area contributed by atoms with Gasteiger partial charge in [-0.2, -0.15) is 0 Å². The molecule has 198 valence electrons. The summed E-state index contributed by atoms with van der Waals surface area (Å²) in [4.78, 5) is 17.5. The number of amides is 1. The molecule has 2 heterocycles. The van der Waals surface area contributed by atoms with Gasteiger partial charge in [-0.05, 0) is 86.3 Å². The normalized spacial score (nSPS) is 17.8. The van der Waals surface area contributed by atoms with Crippen molar-refractivity contribution in [3.05, 3.63) is 87.3 Å². The van der Waals surface area contributed by atoms with Gasteiger partial charge in [0.25, 0.3) is 5.91 Å². The van der Waals surface area contributed by atoms with E-state index < -0.39 is 10.0 Å². The van der Waals surface area contributed by atoms with Crippen LogP contribution in [0.4, 0.5) is 5.69 Å². The highest BCUT2D eigenvalue weighted by Crippen LogP contribution is 2.29. The molecule has 2 aromatic carbocycles. The van der Waals surface area contributed by atoms with Crippen molar-refractivity contribution in [2.45, 2.75) is 48.5 Å². The number of aromatic nitrogens is 1. The molecule has 0 spiro atoms. The lowest BCUT2D eigenvalue weighted by molar-refractivity contribution is 0.0951. The van der Waals surface area contributed by atoms with E-state index in [2.05, 4.69) is 20.3 Å². The van der Waals surface area contributed by atoms with Crippen molar-refractivity contribution in [1.29, 1.82) is 0 Å². The Hall–Kier alpha value is -2.69. The summed E-state index contributed by atoms with van der Waals surface area (Å²) >= 11 is 13.1. The number of rotatable bonds is 8. The van der Waals surface area contributed by atoms with Crippen LogP contribution in [-0.4, -0.2) is 31.4 Å². The summed E-state index contributed by atoms with van der Waals surface area (Å²) in [6.45, 7) is 0.244. The predicted octanol–water partition coefficient (Wildman–Crippen LogP) is 6.23. The smallest absolute Gasteiger partial charge is 0.251 e. The molecule has 1 aliphatic rings. The van der Waals surface area contributed by atoms with Gasteiger partial charge in [0, 0.05) is 49.8 Å². The minimum Gasteiger partial charge on any atom is -0.382 e. The molecular formula is C27H26Cl2N4O3S2. The maximum Gasteiger partial charge on any atom is 0.251 e. The first kappa shape index (κ1) is 26.9. The number of thiophene rings is 1. The summed E-state index contributed by atoms with van der Waals surface area (Å²) in [6, 6.07) is 17.6. The Morgan fingerprint density at radius 2 is 1.63 bits per heavy atom. The SMILES string of the molecule is O=C(NCc1ccc(S(=O)(=O)N[C@H]2CC[C@@H](Nc3ccnc4cc(Cl)ccc34)CC2)s1)c1ccc(Cl)cc1. The fourth-order valence-electron chi connectivity index (χ4n) is 4.57. The van der Waals surface area contributed by atoms with E-state index >= 15 is 0 Å². The first-order chi connectivity index (χ1) is 18.3. The molecule has 1 aliphatic carbocycles. The zero-order chi connectivity index (χ0) is 26.7. The van der Waals surface area contributed by atoms with Crippen molar-refractivity contribution in [1.82, 2.24) is 15.0 Å². The highest BCUT2D eigenvalue weighted by atomic mass is 35.5. The molecule has 11 heteroatoms. The number of fused-ring (bicyclic) bond motifs is 1. The van der Waals surface area contributed by atoms with Gasteiger partial charge in [0.05, 0.1) is 12.1 Å². The third-order valence-corrected chi connectivity index (χ3v) is 10.1. The zero-order valence-electron chi connectivity index (χ0n) is 20.3. The number of sulfonamides is 1. The molecule has 0 radical (unpaired) electrons. The molecule has 38 heavy (non-hydrogen) atoms. The number of benzene rings is 2. The first-order valence-corrected chi connectivity index (χ1v) is 15.3. The van der Waals surface area contributed by atoms with Gasteiger partial charge in [-0.15, -0.1) is 11.3 Å². The lowest BCUT2D eigenvalue weighted by atomic mass is 9.91. The summed E-state index contributed by atoms with van der Waals surface area (Å²) in [5.74, 6) is -0.244. The van der Waals surface area contributed by atoms with E-state index in [1.54, 1.807) is 42.6 Å². The van der Waals surface area contributed by atoms with E-state index in [9.17, 15) is 13.2 Å². The Kier molecular flexibility index (Phi) is 8.20. The highest BCUT2D eigenvalue weighted by Gasteiger charge is 2.27. The number of hydrogen-bond acceptors (Lipinski definition) is 6. The number of carbonyl (C=O) groups is 1. The molecule has 0 saturated heterocycles. The van der Waals surface area contributed by atoms with Crippen LogP contribution in [0.1, 0.15) is 40.9 Å². The Bertz CT molecular complexity index is 1550. The molecule has 0 aliphatic heterocycles. The van der Waals surface area contributed by atoms with Crippen molar-refractivity contribution < 1.29 is 13.2 Å². The number of halogens is 2. The van der Waals surface area contributed by atoms with Crippen LogP contribution in [-0.2, 0) is 16.6 Å². The van der Waals surface area contributed by atoms with Crippen LogP contribution in [0.3, 0.4) is 0 Å². The van der Waals surface area contributed by atoms with Gasteiger partial charge in [-0.1, -0.05) is 23.2 Å². The van der Waals surface area contributed by atoms with Crippen LogP contribution in [0.15, 0.2) is 71.1 Å². The van der Waals surface area contributed by atoms with Crippen molar-refractivity contribution in [3.63, 3.8) is 0 Å². The van der Waals surface area contributed by atoms with E-state index in [0.717, 1.165) is 58.5 Å². The predicted molar refractivity (Wildman–Crippen MR) is 154 cm³/mol. The third-order valence-electron chi connectivity index (χ3n) is 6.54. The van der Waals surface area contributed by atoms with Crippen LogP contribution in [0.25, 0.3) is 10.9 Å². The van der Waals surface area contributed by atoms with Gasteiger partial charge in [0.15, 0.2) is 0 Å². The number of nitrogens with zero attached hydrogens (tertiary/aromatic N) is 1. The lowest BCUT2D eigenvalue weighted by Gasteiger charge is -2.30. The van der Waals surface area contributed by atoms with Crippen LogP contribution < -0.4 is 15.4 Å². The fourth-order valence-corrected chi connectivity index (χ4v) is 7.48. The van der Waals surface area contributed by atoms with Gasteiger partial charge in [0.1, 0.15) is 4.21 Å². The van der Waals surface area contributed by atoms with Gasteiger partial charge >= 0.3 is 0 Å². The number of hydrogen-bond donors (Lipinski definition) is 3. The summed E-state index contributed by atoms with van der Waals surface area (Å²) in [5.41, 5.74) is 2.33. The summed E-state index contributed by atoms with van der Waals surface area (Å²) in [5, 5.41) is 8.63. The standard InChI is InChI=1S/C27H26Cl2N4O3S2/c28-18-3-1-17(2-4-18)27(34)31-16-22-10-12-26(37-22)38(35,36)33-21-8-6-20(7-9-21)32-24-13-14-30-25-15-19(29)5-11-23(24)25/h1-5,10-15,20-21,33H,6-9,16H2,(H,30,32)(H,31,34)/t20-,21+. The second kappa shape index (κ2) is 11.6. The van der Waals surface area contributed by atoms with Crippen LogP contribution in [0.5, 0.6) is 0 Å². The number of carbonyl (C=O) groups excluding carboxylic acids is 1. The van der Waals surface area contributed by atoms with E-state index in [1.165, 1.54) is 0 Å². The molecular weight excluding hydrogens is 563 g/mol.